The summed E-state index contributed by atoms with van der Waals surface area (Å²) >= 11 is 0. The topological polar surface area (TPSA) is 87.9 Å². The van der Waals surface area contributed by atoms with Crippen molar-refractivity contribution in [3.05, 3.63) is 52.7 Å². The quantitative estimate of drug-likeness (QED) is 0.790. The molecule has 3 heterocycles. The third-order valence-corrected chi connectivity index (χ3v) is 4.06. The lowest BCUT2D eigenvalue weighted by molar-refractivity contribution is 0.206. The first kappa shape index (κ1) is 13.1. The van der Waals surface area contributed by atoms with Crippen LogP contribution in [-0.4, -0.2) is 31.6 Å². The molecule has 1 atom stereocenters. The third kappa shape index (κ3) is 2.29. The van der Waals surface area contributed by atoms with Crippen molar-refractivity contribution in [1.29, 1.82) is 0 Å². The molecule has 7 heteroatoms. The first-order valence-electron chi connectivity index (χ1n) is 7.30. The van der Waals surface area contributed by atoms with Crippen molar-refractivity contribution in [3.8, 4) is 0 Å². The van der Waals surface area contributed by atoms with Gasteiger partial charge in [-0.15, -0.1) is 0 Å². The molecule has 0 amide bonds. The van der Waals surface area contributed by atoms with E-state index in [4.69, 9.17) is 4.52 Å². The van der Waals surface area contributed by atoms with Gasteiger partial charge in [-0.1, -0.05) is 17.3 Å². The summed E-state index contributed by atoms with van der Waals surface area (Å²) in [4.78, 5) is 26.1. The zero-order valence-corrected chi connectivity index (χ0v) is 11.9. The van der Waals surface area contributed by atoms with E-state index in [1.807, 2.05) is 18.2 Å². The summed E-state index contributed by atoms with van der Waals surface area (Å²) in [5, 5.41) is 4.25. The lowest BCUT2D eigenvalue weighted by Crippen LogP contribution is -2.26. The van der Waals surface area contributed by atoms with E-state index in [1.165, 1.54) is 6.33 Å². The molecule has 1 unspecified atom stereocenters. The summed E-state index contributed by atoms with van der Waals surface area (Å²) in [5.41, 5.74) is 0.635. The number of hydrogen-bond donors (Lipinski definition) is 1. The molecule has 1 aliphatic rings. The Morgan fingerprint density at radius 3 is 3.14 bits per heavy atom. The SMILES string of the molecule is O=c1[nH]c(C2CCCN2Cc2ncno2)nc2ccccc12. The fourth-order valence-corrected chi connectivity index (χ4v) is 3.03. The maximum Gasteiger partial charge on any atom is 0.258 e. The van der Waals surface area contributed by atoms with Gasteiger partial charge in [0.2, 0.25) is 5.89 Å². The van der Waals surface area contributed by atoms with Gasteiger partial charge in [0.1, 0.15) is 5.82 Å². The summed E-state index contributed by atoms with van der Waals surface area (Å²) in [6.07, 6.45) is 3.40. The van der Waals surface area contributed by atoms with Crippen LogP contribution in [-0.2, 0) is 6.54 Å². The summed E-state index contributed by atoms with van der Waals surface area (Å²) in [5.74, 6) is 1.29. The van der Waals surface area contributed by atoms with E-state index in [0.29, 0.717) is 23.6 Å². The van der Waals surface area contributed by atoms with Crippen LogP contribution in [0.2, 0.25) is 0 Å². The zero-order valence-electron chi connectivity index (χ0n) is 11.9. The minimum absolute atomic E-state index is 0.0733. The number of benzene rings is 1. The number of para-hydroxylation sites is 1. The normalized spacial score (nSPS) is 19.0. The molecule has 2 aromatic heterocycles. The highest BCUT2D eigenvalue weighted by atomic mass is 16.5. The first-order valence-corrected chi connectivity index (χ1v) is 7.30. The molecule has 1 N–H and O–H groups in total. The Labute approximate surface area is 126 Å². The number of hydrogen-bond acceptors (Lipinski definition) is 6. The molecule has 0 aliphatic carbocycles. The van der Waals surface area contributed by atoms with Gasteiger partial charge in [0.05, 0.1) is 23.5 Å². The number of nitrogens with one attached hydrogen (secondary N) is 1. The van der Waals surface area contributed by atoms with Crippen LogP contribution in [0.5, 0.6) is 0 Å². The van der Waals surface area contributed by atoms with Crippen LogP contribution in [0, 0.1) is 0 Å². The number of nitrogens with zero attached hydrogens (tertiary/aromatic N) is 4. The van der Waals surface area contributed by atoms with Crippen LogP contribution in [0.1, 0.15) is 30.6 Å². The minimum Gasteiger partial charge on any atom is -0.338 e. The standard InChI is InChI=1S/C15H15N5O2/c21-15-10-4-1-2-5-11(10)18-14(19-15)12-6-3-7-20(12)8-13-16-9-17-22-13/h1-2,4-5,9,12H,3,6-8H2,(H,18,19,21). The maximum atomic E-state index is 12.2. The van der Waals surface area contributed by atoms with Gasteiger partial charge in [0.25, 0.3) is 5.56 Å². The predicted molar refractivity (Wildman–Crippen MR) is 79.0 cm³/mol. The molecule has 1 aromatic carbocycles. The van der Waals surface area contributed by atoms with Gasteiger partial charge in [0.15, 0.2) is 6.33 Å². The van der Waals surface area contributed by atoms with Gasteiger partial charge >= 0.3 is 0 Å². The molecule has 1 fully saturated rings. The number of rotatable bonds is 3. The van der Waals surface area contributed by atoms with E-state index in [2.05, 4.69) is 25.0 Å². The van der Waals surface area contributed by atoms with Gasteiger partial charge in [-0.2, -0.15) is 4.98 Å². The van der Waals surface area contributed by atoms with E-state index in [-0.39, 0.29) is 11.6 Å². The Morgan fingerprint density at radius 1 is 1.36 bits per heavy atom. The second-order valence-electron chi connectivity index (χ2n) is 5.43. The second-order valence-corrected chi connectivity index (χ2v) is 5.43. The number of aromatic nitrogens is 4. The summed E-state index contributed by atoms with van der Waals surface area (Å²) in [6.45, 7) is 1.49. The fraction of sp³-hybridized carbons (Fsp3) is 0.333. The Hall–Kier alpha value is -2.54. The van der Waals surface area contributed by atoms with Gasteiger partial charge in [-0.25, -0.2) is 4.98 Å². The smallest absolute Gasteiger partial charge is 0.258 e. The monoisotopic (exact) mass is 297 g/mol. The van der Waals surface area contributed by atoms with E-state index in [0.717, 1.165) is 24.9 Å². The molecule has 22 heavy (non-hydrogen) atoms. The van der Waals surface area contributed by atoms with Crippen LogP contribution in [0.25, 0.3) is 10.9 Å². The molecule has 7 nitrogen and oxygen atoms in total. The largest absolute Gasteiger partial charge is 0.338 e. The average molecular weight is 297 g/mol. The Bertz CT molecular complexity index is 843. The molecule has 4 rings (SSSR count). The maximum absolute atomic E-state index is 12.2. The lowest BCUT2D eigenvalue weighted by atomic mass is 10.2. The van der Waals surface area contributed by atoms with Crippen molar-refractivity contribution < 1.29 is 4.52 Å². The molecular weight excluding hydrogens is 282 g/mol. The molecule has 0 bridgehead atoms. The number of H-pyrrole nitrogens is 1. The van der Waals surface area contributed by atoms with Gasteiger partial charge in [0, 0.05) is 0 Å². The van der Waals surface area contributed by atoms with Crippen LogP contribution < -0.4 is 5.56 Å². The number of likely N-dealkylation sites (tertiary alicyclic amines) is 1. The highest BCUT2D eigenvalue weighted by molar-refractivity contribution is 5.77. The Kier molecular flexibility index (Phi) is 3.19. The zero-order chi connectivity index (χ0) is 14.9. The molecule has 0 radical (unpaired) electrons. The highest BCUT2D eigenvalue weighted by Crippen LogP contribution is 2.30. The van der Waals surface area contributed by atoms with Crippen molar-refractivity contribution in [2.45, 2.75) is 25.4 Å². The molecule has 1 aliphatic heterocycles. The molecule has 3 aromatic rings. The van der Waals surface area contributed by atoms with Crippen molar-refractivity contribution in [3.63, 3.8) is 0 Å². The minimum atomic E-state index is -0.0924. The van der Waals surface area contributed by atoms with Crippen molar-refractivity contribution >= 4 is 10.9 Å². The van der Waals surface area contributed by atoms with Crippen LogP contribution in [0.4, 0.5) is 0 Å². The van der Waals surface area contributed by atoms with E-state index in [1.54, 1.807) is 6.07 Å². The van der Waals surface area contributed by atoms with Gasteiger partial charge < -0.3 is 9.51 Å². The van der Waals surface area contributed by atoms with Crippen LogP contribution >= 0.6 is 0 Å². The second kappa shape index (κ2) is 5.34. The Morgan fingerprint density at radius 2 is 2.27 bits per heavy atom. The van der Waals surface area contributed by atoms with Gasteiger partial charge in [-0.05, 0) is 31.5 Å². The molecule has 112 valence electrons. The van der Waals surface area contributed by atoms with Gasteiger partial charge in [-0.3, -0.25) is 9.69 Å². The highest BCUT2D eigenvalue weighted by Gasteiger charge is 2.29. The van der Waals surface area contributed by atoms with Crippen molar-refractivity contribution in [2.75, 3.05) is 6.54 Å². The average Bonchev–Trinajstić information content (AvgIpc) is 3.19. The number of fused-ring (bicyclic) bond motifs is 1. The molecule has 0 spiro atoms. The lowest BCUT2D eigenvalue weighted by Gasteiger charge is -2.21. The fourth-order valence-electron chi connectivity index (χ4n) is 3.03. The summed E-state index contributed by atoms with van der Waals surface area (Å²) < 4.78 is 5.08. The number of aromatic amines is 1. The molecular formula is C15H15N5O2. The predicted octanol–water partition coefficient (Wildman–Crippen LogP) is 1.64. The van der Waals surface area contributed by atoms with E-state index in [9.17, 15) is 4.79 Å². The van der Waals surface area contributed by atoms with Crippen molar-refractivity contribution in [1.82, 2.24) is 25.0 Å². The first-order chi connectivity index (χ1) is 10.8. The summed E-state index contributed by atoms with van der Waals surface area (Å²) in [7, 11) is 0. The third-order valence-electron chi connectivity index (χ3n) is 4.06. The molecule has 0 saturated carbocycles. The van der Waals surface area contributed by atoms with E-state index < -0.39 is 0 Å². The Balaban J connectivity index is 1.69. The van der Waals surface area contributed by atoms with E-state index >= 15 is 0 Å². The van der Waals surface area contributed by atoms with Crippen LogP contribution in [0.3, 0.4) is 0 Å². The van der Waals surface area contributed by atoms with Crippen LogP contribution in [0.15, 0.2) is 39.9 Å². The van der Waals surface area contributed by atoms with Crippen molar-refractivity contribution in [2.24, 2.45) is 0 Å². The molecule has 1 saturated heterocycles. The summed E-state index contributed by atoms with van der Waals surface area (Å²) in [6, 6.07) is 7.46.